The molecule has 1 fully saturated rings. The highest BCUT2D eigenvalue weighted by Crippen LogP contribution is 2.16. The van der Waals surface area contributed by atoms with Gasteiger partial charge >= 0.3 is 6.09 Å². The number of primary amides is 1. The summed E-state index contributed by atoms with van der Waals surface area (Å²) >= 11 is 0. The molecule has 0 aliphatic carbocycles. The van der Waals surface area contributed by atoms with Crippen molar-refractivity contribution in [2.45, 2.75) is 25.0 Å². The molecular weight excluding hydrogens is 162 g/mol. The summed E-state index contributed by atoms with van der Waals surface area (Å²) in [5.74, 6) is 0. The molecule has 5 heteroatoms. The van der Waals surface area contributed by atoms with Gasteiger partial charge in [0.25, 0.3) is 0 Å². The SMILES string of the molecule is NC(=O)OC1CCCOC1CO. The quantitative estimate of drug-likeness (QED) is 0.599. The molecule has 3 N–H and O–H groups in total. The summed E-state index contributed by atoms with van der Waals surface area (Å²) in [4.78, 5) is 10.4. The first-order chi connectivity index (χ1) is 5.74. The van der Waals surface area contributed by atoms with Gasteiger partial charge in [0.2, 0.25) is 0 Å². The lowest BCUT2D eigenvalue weighted by Gasteiger charge is -2.29. The van der Waals surface area contributed by atoms with E-state index in [2.05, 4.69) is 0 Å². The zero-order valence-corrected chi connectivity index (χ0v) is 6.73. The van der Waals surface area contributed by atoms with Crippen LogP contribution in [-0.4, -0.2) is 36.6 Å². The minimum atomic E-state index is -0.816. The van der Waals surface area contributed by atoms with Crippen molar-refractivity contribution in [3.05, 3.63) is 0 Å². The predicted octanol–water partition coefficient (Wildman–Crippen LogP) is -0.378. The van der Waals surface area contributed by atoms with Crippen LogP contribution in [0.2, 0.25) is 0 Å². The van der Waals surface area contributed by atoms with Crippen LogP contribution in [-0.2, 0) is 9.47 Å². The average Bonchev–Trinajstić information content (AvgIpc) is 2.04. The minimum absolute atomic E-state index is 0.141. The molecule has 0 radical (unpaired) electrons. The van der Waals surface area contributed by atoms with Crippen LogP contribution in [0.1, 0.15) is 12.8 Å². The fraction of sp³-hybridized carbons (Fsp3) is 0.857. The molecule has 0 bridgehead atoms. The molecule has 2 unspecified atom stereocenters. The summed E-state index contributed by atoms with van der Waals surface area (Å²) < 4.78 is 9.91. The zero-order valence-electron chi connectivity index (χ0n) is 6.73. The van der Waals surface area contributed by atoms with Crippen LogP contribution in [0.4, 0.5) is 4.79 Å². The predicted molar refractivity (Wildman–Crippen MR) is 40.5 cm³/mol. The molecule has 0 aromatic heterocycles. The Hall–Kier alpha value is -0.810. The van der Waals surface area contributed by atoms with E-state index in [4.69, 9.17) is 20.3 Å². The molecule has 5 nitrogen and oxygen atoms in total. The third kappa shape index (κ3) is 2.35. The summed E-state index contributed by atoms with van der Waals surface area (Å²) in [7, 11) is 0. The largest absolute Gasteiger partial charge is 0.444 e. The normalized spacial score (nSPS) is 29.8. The smallest absolute Gasteiger partial charge is 0.404 e. The first-order valence-corrected chi connectivity index (χ1v) is 3.92. The van der Waals surface area contributed by atoms with Crippen LogP contribution in [0.5, 0.6) is 0 Å². The molecular formula is C7H13NO4. The maximum atomic E-state index is 10.4. The van der Waals surface area contributed by atoms with Crippen LogP contribution >= 0.6 is 0 Å². The number of carbonyl (C=O) groups excluding carboxylic acids is 1. The maximum absolute atomic E-state index is 10.4. The summed E-state index contributed by atoms with van der Waals surface area (Å²) in [6.45, 7) is 0.460. The minimum Gasteiger partial charge on any atom is -0.444 e. The highest BCUT2D eigenvalue weighted by molar-refractivity contribution is 5.64. The molecule has 70 valence electrons. The van der Waals surface area contributed by atoms with Crippen LogP contribution in [0.3, 0.4) is 0 Å². The van der Waals surface area contributed by atoms with E-state index >= 15 is 0 Å². The van der Waals surface area contributed by atoms with Crippen LogP contribution in [0.25, 0.3) is 0 Å². The van der Waals surface area contributed by atoms with E-state index < -0.39 is 12.2 Å². The van der Waals surface area contributed by atoms with Crippen molar-refractivity contribution in [3.63, 3.8) is 0 Å². The molecule has 0 aromatic rings. The standard InChI is InChI=1S/C7H13NO4/c8-7(10)12-5-2-1-3-11-6(5)4-9/h5-6,9H,1-4H2,(H2,8,10). The molecule has 12 heavy (non-hydrogen) atoms. The van der Waals surface area contributed by atoms with Gasteiger partial charge in [-0.25, -0.2) is 4.79 Å². The van der Waals surface area contributed by atoms with Crippen LogP contribution in [0, 0.1) is 0 Å². The second kappa shape index (κ2) is 4.27. The monoisotopic (exact) mass is 175 g/mol. The summed E-state index contributed by atoms with van der Waals surface area (Å²) in [5, 5.41) is 8.82. The summed E-state index contributed by atoms with van der Waals surface area (Å²) in [5.41, 5.74) is 4.84. The van der Waals surface area contributed by atoms with Gasteiger partial charge in [-0.1, -0.05) is 0 Å². The topological polar surface area (TPSA) is 81.8 Å². The number of nitrogens with two attached hydrogens (primary N) is 1. The second-order valence-corrected chi connectivity index (χ2v) is 2.71. The highest BCUT2D eigenvalue weighted by atomic mass is 16.6. The second-order valence-electron chi connectivity index (χ2n) is 2.71. The maximum Gasteiger partial charge on any atom is 0.404 e. The Morgan fingerprint density at radius 3 is 3.08 bits per heavy atom. The Labute approximate surface area is 70.4 Å². The average molecular weight is 175 g/mol. The third-order valence-corrected chi connectivity index (χ3v) is 1.83. The van der Waals surface area contributed by atoms with Gasteiger partial charge in [0, 0.05) is 6.61 Å². The Kier molecular flexibility index (Phi) is 3.31. The van der Waals surface area contributed by atoms with E-state index in [0.29, 0.717) is 13.0 Å². The lowest BCUT2D eigenvalue weighted by molar-refractivity contribution is -0.0960. The number of hydrogen-bond donors (Lipinski definition) is 2. The highest BCUT2D eigenvalue weighted by Gasteiger charge is 2.27. The number of aliphatic hydroxyl groups excluding tert-OH is 1. The molecule has 1 aliphatic heterocycles. The van der Waals surface area contributed by atoms with Gasteiger partial charge < -0.3 is 20.3 Å². The molecule has 1 saturated heterocycles. The molecule has 0 spiro atoms. The number of aliphatic hydroxyl groups is 1. The van der Waals surface area contributed by atoms with Crippen molar-refractivity contribution in [3.8, 4) is 0 Å². The number of amides is 1. The third-order valence-electron chi connectivity index (χ3n) is 1.83. The van der Waals surface area contributed by atoms with Gasteiger partial charge in [-0.05, 0) is 12.8 Å². The van der Waals surface area contributed by atoms with Gasteiger partial charge in [-0.3, -0.25) is 0 Å². The first kappa shape index (κ1) is 9.28. The zero-order chi connectivity index (χ0) is 8.97. The lowest BCUT2D eigenvalue weighted by atomic mass is 10.1. The number of rotatable bonds is 2. The lowest BCUT2D eigenvalue weighted by Crippen LogP contribution is -2.41. The molecule has 1 aliphatic rings. The van der Waals surface area contributed by atoms with Gasteiger partial charge in [0.1, 0.15) is 12.2 Å². The Bertz CT molecular complexity index is 161. The van der Waals surface area contributed by atoms with E-state index in [1.807, 2.05) is 0 Å². The van der Waals surface area contributed by atoms with E-state index in [1.165, 1.54) is 0 Å². The Morgan fingerprint density at radius 2 is 2.50 bits per heavy atom. The van der Waals surface area contributed by atoms with Gasteiger partial charge in [-0.15, -0.1) is 0 Å². The summed E-state index contributed by atoms with van der Waals surface area (Å²) in [6, 6.07) is 0. The molecule has 1 rings (SSSR count). The van der Waals surface area contributed by atoms with Gasteiger partial charge in [0.05, 0.1) is 6.61 Å². The van der Waals surface area contributed by atoms with Crippen molar-refractivity contribution in [1.29, 1.82) is 0 Å². The van der Waals surface area contributed by atoms with Crippen molar-refractivity contribution >= 4 is 6.09 Å². The van der Waals surface area contributed by atoms with E-state index in [9.17, 15) is 4.79 Å². The van der Waals surface area contributed by atoms with Crippen LogP contribution < -0.4 is 5.73 Å². The van der Waals surface area contributed by atoms with Gasteiger partial charge in [0.15, 0.2) is 0 Å². The van der Waals surface area contributed by atoms with E-state index in [-0.39, 0.29) is 12.7 Å². The molecule has 1 heterocycles. The molecule has 1 amide bonds. The fourth-order valence-electron chi connectivity index (χ4n) is 1.27. The number of hydrogen-bond acceptors (Lipinski definition) is 4. The van der Waals surface area contributed by atoms with Gasteiger partial charge in [-0.2, -0.15) is 0 Å². The summed E-state index contributed by atoms with van der Waals surface area (Å²) in [6.07, 6.45) is -0.0840. The molecule has 0 aromatic carbocycles. The van der Waals surface area contributed by atoms with Crippen molar-refractivity contribution in [2.75, 3.05) is 13.2 Å². The van der Waals surface area contributed by atoms with Crippen molar-refractivity contribution < 1.29 is 19.4 Å². The molecule has 2 atom stereocenters. The Morgan fingerprint density at radius 1 is 1.75 bits per heavy atom. The number of carbonyl (C=O) groups is 1. The molecule has 0 saturated carbocycles. The fourth-order valence-corrected chi connectivity index (χ4v) is 1.27. The van der Waals surface area contributed by atoms with E-state index in [1.54, 1.807) is 0 Å². The Balaban J connectivity index is 2.41. The van der Waals surface area contributed by atoms with Crippen molar-refractivity contribution in [2.24, 2.45) is 5.73 Å². The van der Waals surface area contributed by atoms with Crippen molar-refractivity contribution in [1.82, 2.24) is 0 Å². The number of ether oxygens (including phenoxy) is 2. The van der Waals surface area contributed by atoms with Crippen LogP contribution in [0.15, 0.2) is 0 Å². The first-order valence-electron chi connectivity index (χ1n) is 3.92. The van der Waals surface area contributed by atoms with E-state index in [0.717, 1.165) is 6.42 Å².